The minimum atomic E-state index is -0.968. The molecule has 0 radical (unpaired) electrons. The molecule has 3 aromatic carbocycles. The Labute approximate surface area is 229 Å². The van der Waals surface area contributed by atoms with E-state index in [-0.39, 0.29) is 37.8 Å². The fourth-order valence-corrected chi connectivity index (χ4v) is 4.99. The SMILES string of the molecule is CC(C)(C)C(CC(=O)N(CCC(=O)O)Cc1ccccc1)NC(=O)OCC1c2ccccc2-c2ccccc21. The molecule has 4 rings (SSSR count). The lowest BCUT2D eigenvalue weighted by Crippen LogP contribution is -2.47. The first-order valence-electron chi connectivity index (χ1n) is 13.3. The van der Waals surface area contributed by atoms with Gasteiger partial charge < -0.3 is 20.1 Å². The second kappa shape index (κ2) is 12.2. The van der Waals surface area contributed by atoms with Crippen molar-refractivity contribution in [1.82, 2.24) is 10.2 Å². The van der Waals surface area contributed by atoms with Crippen LogP contribution in [-0.4, -0.2) is 47.2 Å². The number of hydrogen-bond acceptors (Lipinski definition) is 4. The van der Waals surface area contributed by atoms with Gasteiger partial charge in [-0.15, -0.1) is 0 Å². The molecule has 0 aromatic heterocycles. The molecule has 204 valence electrons. The van der Waals surface area contributed by atoms with Crippen LogP contribution in [0.5, 0.6) is 0 Å². The zero-order chi connectivity index (χ0) is 28.0. The summed E-state index contributed by atoms with van der Waals surface area (Å²) in [5.41, 5.74) is 5.04. The van der Waals surface area contributed by atoms with E-state index in [4.69, 9.17) is 4.74 Å². The molecule has 3 aromatic rings. The number of hydrogen-bond donors (Lipinski definition) is 2. The lowest BCUT2D eigenvalue weighted by atomic mass is 9.84. The number of carbonyl (C=O) groups excluding carboxylic acids is 2. The van der Waals surface area contributed by atoms with Crippen molar-refractivity contribution in [2.45, 2.75) is 52.1 Å². The monoisotopic (exact) mass is 528 g/mol. The van der Waals surface area contributed by atoms with Crippen LogP contribution in [0.25, 0.3) is 11.1 Å². The number of carboxylic acids is 1. The number of alkyl carbamates (subject to hydrolysis) is 1. The fraction of sp³-hybridized carbons (Fsp3) is 0.344. The van der Waals surface area contributed by atoms with Crippen LogP contribution in [0.4, 0.5) is 4.79 Å². The molecule has 0 bridgehead atoms. The smallest absolute Gasteiger partial charge is 0.407 e. The number of benzene rings is 3. The van der Waals surface area contributed by atoms with Crippen LogP contribution >= 0.6 is 0 Å². The Bertz CT molecular complexity index is 1270. The first-order valence-corrected chi connectivity index (χ1v) is 13.3. The summed E-state index contributed by atoms with van der Waals surface area (Å²) in [6, 6.07) is 25.2. The molecule has 39 heavy (non-hydrogen) atoms. The standard InChI is InChI=1S/C32H36N2O5/c1-32(2,3)28(19-29(35)34(18-17-30(36)37)20-22-11-5-4-6-12-22)33-31(38)39-21-27-25-15-9-7-13-23(25)24-14-8-10-16-26(24)27/h4-16,27-28H,17-21H2,1-3H3,(H,33,38)(H,36,37). The van der Waals surface area contributed by atoms with Crippen LogP contribution < -0.4 is 5.32 Å². The lowest BCUT2D eigenvalue weighted by molar-refractivity contribution is -0.139. The second-order valence-corrected chi connectivity index (χ2v) is 11.0. The largest absolute Gasteiger partial charge is 0.481 e. The summed E-state index contributed by atoms with van der Waals surface area (Å²) in [5, 5.41) is 12.1. The number of nitrogens with one attached hydrogen (secondary N) is 1. The first-order chi connectivity index (χ1) is 18.6. The van der Waals surface area contributed by atoms with Crippen LogP contribution in [0.3, 0.4) is 0 Å². The van der Waals surface area contributed by atoms with Gasteiger partial charge in [0.15, 0.2) is 0 Å². The minimum Gasteiger partial charge on any atom is -0.481 e. The van der Waals surface area contributed by atoms with Crippen molar-refractivity contribution in [3.8, 4) is 11.1 Å². The third-order valence-corrected chi connectivity index (χ3v) is 7.22. The first kappa shape index (κ1) is 27.9. The molecule has 1 aliphatic carbocycles. The number of carboxylic acid groups (broad SMARTS) is 1. The number of ether oxygens (including phenoxy) is 1. The predicted octanol–water partition coefficient (Wildman–Crippen LogP) is 5.83. The number of carbonyl (C=O) groups is 3. The molecule has 0 spiro atoms. The molecule has 0 fully saturated rings. The van der Waals surface area contributed by atoms with Gasteiger partial charge >= 0.3 is 12.1 Å². The summed E-state index contributed by atoms with van der Waals surface area (Å²) in [6.07, 6.45) is -0.705. The van der Waals surface area contributed by atoms with Crippen molar-refractivity contribution in [3.05, 3.63) is 95.6 Å². The normalized spacial score (nSPS) is 13.2. The van der Waals surface area contributed by atoms with Crippen LogP contribution in [0.15, 0.2) is 78.9 Å². The summed E-state index contributed by atoms with van der Waals surface area (Å²) in [6.45, 7) is 6.43. The van der Waals surface area contributed by atoms with Crippen molar-refractivity contribution < 1.29 is 24.2 Å². The summed E-state index contributed by atoms with van der Waals surface area (Å²) in [4.78, 5) is 39.2. The maximum atomic E-state index is 13.4. The molecule has 2 N–H and O–H groups in total. The molecule has 0 saturated carbocycles. The van der Waals surface area contributed by atoms with E-state index in [1.54, 1.807) is 4.90 Å². The Hall–Kier alpha value is -4.13. The molecule has 7 heteroatoms. The zero-order valence-corrected chi connectivity index (χ0v) is 22.7. The van der Waals surface area contributed by atoms with E-state index >= 15 is 0 Å². The van der Waals surface area contributed by atoms with Crippen LogP contribution in [0.1, 0.15) is 56.2 Å². The highest BCUT2D eigenvalue weighted by atomic mass is 16.5. The average Bonchev–Trinajstić information content (AvgIpc) is 3.23. The van der Waals surface area contributed by atoms with E-state index in [1.165, 1.54) is 0 Å². The van der Waals surface area contributed by atoms with E-state index < -0.39 is 23.5 Å². The summed E-state index contributed by atoms with van der Waals surface area (Å²) in [7, 11) is 0. The summed E-state index contributed by atoms with van der Waals surface area (Å²) < 4.78 is 5.73. The van der Waals surface area contributed by atoms with Crippen LogP contribution in [-0.2, 0) is 20.9 Å². The van der Waals surface area contributed by atoms with Gasteiger partial charge in [0.1, 0.15) is 6.61 Å². The predicted molar refractivity (Wildman–Crippen MR) is 150 cm³/mol. The Kier molecular flexibility index (Phi) is 8.69. The molecule has 0 saturated heterocycles. The van der Waals surface area contributed by atoms with E-state index in [0.29, 0.717) is 6.54 Å². The number of fused-ring (bicyclic) bond motifs is 3. The third kappa shape index (κ3) is 7.05. The number of amides is 2. The molecular formula is C32H36N2O5. The zero-order valence-electron chi connectivity index (χ0n) is 22.7. The highest BCUT2D eigenvalue weighted by molar-refractivity contribution is 5.80. The van der Waals surface area contributed by atoms with Gasteiger partial charge in [-0.2, -0.15) is 0 Å². The second-order valence-electron chi connectivity index (χ2n) is 11.0. The Morgan fingerprint density at radius 1 is 0.897 bits per heavy atom. The number of nitrogens with zero attached hydrogens (tertiary/aromatic N) is 1. The van der Waals surface area contributed by atoms with Crippen molar-refractivity contribution in [3.63, 3.8) is 0 Å². The van der Waals surface area contributed by atoms with E-state index in [9.17, 15) is 19.5 Å². The van der Waals surface area contributed by atoms with Crippen LogP contribution in [0.2, 0.25) is 0 Å². The third-order valence-electron chi connectivity index (χ3n) is 7.22. The van der Waals surface area contributed by atoms with E-state index in [1.807, 2.05) is 75.4 Å². The van der Waals surface area contributed by atoms with Crippen molar-refractivity contribution in [1.29, 1.82) is 0 Å². The van der Waals surface area contributed by atoms with Gasteiger partial charge in [-0.3, -0.25) is 9.59 Å². The molecule has 1 aliphatic rings. The number of rotatable bonds is 10. The molecule has 2 amide bonds. The molecule has 0 heterocycles. The maximum absolute atomic E-state index is 13.4. The van der Waals surface area contributed by atoms with Crippen molar-refractivity contribution in [2.24, 2.45) is 5.41 Å². The van der Waals surface area contributed by atoms with Crippen LogP contribution in [0, 0.1) is 5.41 Å². The van der Waals surface area contributed by atoms with Gasteiger partial charge in [0.2, 0.25) is 5.91 Å². The van der Waals surface area contributed by atoms with E-state index in [2.05, 4.69) is 29.6 Å². The van der Waals surface area contributed by atoms with Crippen molar-refractivity contribution in [2.75, 3.05) is 13.2 Å². The summed E-state index contributed by atoms with van der Waals surface area (Å²) in [5.74, 6) is -1.25. The molecule has 1 atom stereocenters. The average molecular weight is 529 g/mol. The highest BCUT2D eigenvalue weighted by Crippen LogP contribution is 2.44. The minimum absolute atomic E-state index is 0.0279. The van der Waals surface area contributed by atoms with Gasteiger partial charge in [-0.1, -0.05) is 99.6 Å². The molecule has 7 nitrogen and oxygen atoms in total. The topological polar surface area (TPSA) is 95.9 Å². The van der Waals surface area contributed by atoms with E-state index in [0.717, 1.165) is 27.8 Å². The van der Waals surface area contributed by atoms with Gasteiger partial charge in [-0.05, 0) is 33.2 Å². The number of aliphatic carboxylic acids is 1. The Morgan fingerprint density at radius 2 is 1.46 bits per heavy atom. The quantitative estimate of drug-likeness (QED) is 0.345. The summed E-state index contributed by atoms with van der Waals surface area (Å²) >= 11 is 0. The van der Waals surface area contributed by atoms with Gasteiger partial charge in [0, 0.05) is 31.5 Å². The molecule has 0 aliphatic heterocycles. The highest BCUT2D eigenvalue weighted by Gasteiger charge is 2.33. The van der Waals surface area contributed by atoms with Crippen molar-refractivity contribution >= 4 is 18.0 Å². The maximum Gasteiger partial charge on any atom is 0.407 e. The Balaban J connectivity index is 1.42. The fourth-order valence-electron chi connectivity index (χ4n) is 4.99. The molecular weight excluding hydrogens is 492 g/mol. The van der Waals surface area contributed by atoms with Gasteiger partial charge in [-0.25, -0.2) is 4.79 Å². The lowest BCUT2D eigenvalue weighted by Gasteiger charge is -2.33. The molecule has 1 unspecified atom stereocenters. The Morgan fingerprint density at radius 3 is 2.03 bits per heavy atom. The van der Waals surface area contributed by atoms with Gasteiger partial charge in [0.25, 0.3) is 0 Å². The van der Waals surface area contributed by atoms with Gasteiger partial charge in [0.05, 0.1) is 6.42 Å².